The Balaban J connectivity index is 2.23. The third kappa shape index (κ3) is 4.08. The van der Waals surface area contributed by atoms with E-state index in [4.69, 9.17) is 0 Å². The molecule has 1 aromatic carbocycles. The number of halogens is 2. The van der Waals surface area contributed by atoms with Gasteiger partial charge in [-0.3, -0.25) is 4.98 Å². The predicted octanol–water partition coefficient (Wildman–Crippen LogP) is 3.95. The zero-order chi connectivity index (χ0) is 15.2. The number of rotatable bonds is 6. The van der Waals surface area contributed by atoms with Crippen molar-refractivity contribution in [3.63, 3.8) is 0 Å². The first-order chi connectivity index (χ1) is 10.1. The van der Waals surface area contributed by atoms with E-state index in [0.29, 0.717) is 12.0 Å². The van der Waals surface area contributed by atoms with Crippen LogP contribution in [0, 0.1) is 18.6 Å². The molecule has 112 valence electrons. The van der Waals surface area contributed by atoms with Crippen molar-refractivity contribution in [3.8, 4) is 0 Å². The summed E-state index contributed by atoms with van der Waals surface area (Å²) in [6.45, 7) is 4.81. The molecule has 0 saturated carbocycles. The fraction of sp³-hybridized carbons (Fsp3) is 0.353. The monoisotopic (exact) mass is 290 g/mol. The zero-order valence-corrected chi connectivity index (χ0v) is 12.4. The third-order valence-corrected chi connectivity index (χ3v) is 3.43. The first-order valence-electron chi connectivity index (χ1n) is 7.20. The van der Waals surface area contributed by atoms with Gasteiger partial charge in [-0.25, -0.2) is 8.78 Å². The molecule has 1 heterocycles. The number of aryl methyl sites for hydroxylation is 1. The molecule has 0 aliphatic rings. The molecule has 0 spiro atoms. The Morgan fingerprint density at radius 2 is 2.00 bits per heavy atom. The molecule has 2 rings (SSSR count). The average Bonchev–Trinajstić information content (AvgIpc) is 2.49. The second kappa shape index (κ2) is 7.27. The minimum atomic E-state index is -0.802. The van der Waals surface area contributed by atoms with Gasteiger partial charge in [0.2, 0.25) is 0 Å². The lowest BCUT2D eigenvalue weighted by Crippen LogP contribution is -2.24. The van der Waals surface area contributed by atoms with Gasteiger partial charge in [0.05, 0.1) is 0 Å². The second-order valence-electron chi connectivity index (χ2n) is 5.16. The van der Waals surface area contributed by atoms with Gasteiger partial charge in [-0.2, -0.15) is 0 Å². The standard InChI is InChI=1S/C17H20F2N2/c1-3-9-20-16(14-8-7-12(2)21-11-14)10-13-5-4-6-15(18)17(13)19/h4-8,11,16,20H,3,9-10H2,1-2H3. The number of hydrogen-bond donors (Lipinski definition) is 1. The van der Waals surface area contributed by atoms with E-state index >= 15 is 0 Å². The highest BCUT2D eigenvalue weighted by Crippen LogP contribution is 2.21. The highest BCUT2D eigenvalue weighted by atomic mass is 19.2. The van der Waals surface area contributed by atoms with Crippen LogP contribution in [0.15, 0.2) is 36.5 Å². The molecule has 1 aromatic heterocycles. The summed E-state index contributed by atoms with van der Waals surface area (Å²) in [6.07, 6.45) is 3.16. The average molecular weight is 290 g/mol. The van der Waals surface area contributed by atoms with Crippen LogP contribution < -0.4 is 5.32 Å². The summed E-state index contributed by atoms with van der Waals surface area (Å²) in [5.74, 6) is -1.57. The van der Waals surface area contributed by atoms with E-state index in [2.05, 4.69) is 17.2 Å². The van der Waals surface area contributed by atoms with Gasteiger partial charge in [0.1, 0.15) is 0 Å². The molecular weight excluding hydrogens is 270 g/mol. The minimum Gasteiger partial charge on any atom is -0.310 e. The smallest absolute Gasteiger partial charge is 0.162 e. The van der Waals surface area contributed by atoms with Crippen LogP contribution in [0.25, 0.3) is 0 Å². The number of hydrogen-bond acceptors (Lipinski definition) is 2. The van der Waals surface area contributed by atoms with E-state index in [-0.39, 0.29) is 6.04 Å². The van der Waals surface area contributed by atoms with Gasteiger partial charge in [-0.15, -0.1) is 0 Å². The van der Waals surface area contributed by atoms with Crippen LogP contribution in [0.2, 0.25) is 0 Å². The van der Waals surface area contributed by atoms with Crippen molar-refractivity contribution in [1.29, 1.82) is 0 Å². The van der Waals surface area contributed by atoms with Crippen molar-refractivity contribution in [2.24, 2.45) is 0 Å². The van der Waals surface area contributed by atoms with Gasteiger partial charge in [-0.05, 0) is 49.6 Å². The van der Waals surface area contributed by atoms with Crippen molar-refractivity contribution in [2.45, 2.75) is 32.7 Å². The van der Waals surface area contributed by atoms with Gasteiger partial charge in [0.15, 0.2) is 11.6 Å². The molecule has 0 radical (unpaired) electrons. The maximum absolute atomic E-state index is 13.8. The Kier molecular flexibility index (Phi) is 5.39. The zero-order valence-electron chi connectivity index (χ0n) is 12.4. The van der Waals surface area contributed by atoms with Crippen molar-refractivity contribution < 1.29 is 8.78 Å². The van der Waals surface area contributed by atoms with Crippen molar-refractivity contribution >= 4 is 0 Å². The Labute approximate surface area is 124 Å². The van der Waals surface area contributed by atoms with E-state index in [9.17, 15) is 8.78 Å². The summed E-state index contributed by atoms with van der Waals surface area (Å²) in [5.41, 5.74) is 2.30. The van der Waals surface area contributed by atoms with Crippen LogP contribution >= 0.6 is 0 Å². The van der Waals surface area contributed by atoms with Crippen LogP contribution in [0.5, 0.6) is 0 Å². The van der Waals surface area contributed by atoms with E-state index < -0.39 is 11.6 Å². The lowest BCUT2D eigenvalue weighted by molar-refractivity contribution is 0.476. The van der Waals surface area contributed by atoms with E-state index in [1.165, 1.54) is 6.07 Å². The quantitative estimate of drug-likeness (QED) is 0.871. The number of aromatic nitrogens is 1. The molecule has 0 amide bonds. The maximum Gasteiger partial charge on any atom is 0.162 e. The van der Waals surface area contributed by atoms with Crippen molar-refractivity contribution in [1.82, 2.24) is 10.3 Å². The molecule has 0 aliphatic heterocycles. The van der Waals surface area contributed by atoms with Gasteiger partial charge < -0.3 is 5.32 Å². The van der Waals surface area contributed by atoms with Gasteiger partial charge in [0.25, 0.3) is 0 Å². The molecule has 2 aromatic rings. The van der Waals surface area contributed by atoms with E-state index in [1.54, 1.807) is 12.3 Å². The number of nitrogens with zero attached hydrogens (tertiary/aromatic N) is 1. The molecule has 0 saturated heterocycles. The molecule has 0 fully saturated rings. The highest BCUT2D eigenvalue weighted by Gasteiger charge is 2.16. The first-order valence-corrected chi connectivity index (χ1v) is 7.20. The normalized spacial score (nSPS) is 12.4. The molecule has 1 unspecified atom stereocenters. The Morgan fingerprint density at radius 1 is 1.19 bits per heavy atom. The van der Waals surface area contributed by atoms with Crippen molar-refractivity contribution in [3.05, 3.63) is 65.0 Å². The maximum atomic E-state index is 13.8. The van der Waals surface area contributed by atoms with Crippen LogP contribution in [-0.4, -0.2) is 11.5 Å². The summed E-state index contributed by atoms with van der Waals surface area (Å²) < 4.78 is 27.2. The second-order valence-corrected chi connectivity index (χ2v) is 5.16. The predicted molar refractivity (Wildman–Crippen MR) is 80.1 cm³/mol. The van der Waals surface area contributed by atoms with Crippen molar-refractivity contribution in [2.75, 3.05) is 6.54 Å². The van der Waals surface area contributed by atoms with Crippen LogP contribution in [-0.2, 0) is 6.42 Å². The molecule has 2 nitrogen and oxygen atoms in total. The topological polar surface area (TPSA) is 24.9 Å². The lowest BCUT2D eigenvalue weighted by atomic mass is 9.99. The molecule has 4 heteroatoms. The largest absolute Gasteiger partial charge is 0.310 e. The first kappa shape index (κ1) is 15.6. The Hall–Kier alpha value is -1.81. The van der Waals surface area contributed by atoms with Crippen LogP contribution in [0.3, 0.4) is 0 Å². The fourth-order valence-corrected chi connectivity index (χ4v) is 2.24. The van der Waals surface area contributed by atoms with E-state index in [1.807, 2.05) is 19.1 Å². The number of nitrogens with one attached hydrogen (secondary N) is 1. The highest BCUT2D eigenvalue weighted by molar-refractivity contribution is 5.24. The molecule has 21 heavy (non-hydrogen) atoms. The molecule has 1 N–H and O–H groups in total. The van der Waals surface area contributed by atoms with Gasteiger partial charge in [-0.1, -0.05) is 25.1 Å². The Morgan fingerprint density at radius 3 is 2.67 bits per heavy atom. The molecule has 0 bridgehead atoms. The number of benzene rings is 1. The summed E-state index contributed by atoms with van der Waals surface area (Å²) in [6, 6.07) is 8.14. The summed E-state index contributed by atoms with van der Waals surface area (Å²) in [7, 11) is 0. The van der Waals surface area contributed by atoms with Crippen LogP contribution in [0.1, 0.15) is 36.2 Å². The SMILES string of the molecule is CCCNC(Cc1cccc(F)c1F)c1ccc(C)nc1. The lowest BCUT2D eigenvalue weighted by Gasteiger charge is -2.19. The minimum absolute atomic E-state index is 0.0747. The third-order valence-electron chi connectivity index (χ3n) is 3.43. The van der Waals surface area contributed by atoms with Gasteiger partial charge in [0, 0.05) is 17.9 Å². The molecular formula is C17H20F2N2. The summed E-state index contributed by atoms with van der Waals surface area (Å²) in [4.78, 5) is 4.28. The molecule has 1 atom stereocenters. The Bertz CT molecular complexity index is 582. The van der Waals surface area contributed by atoms with Gasteiger partial charge >= 0.3 is 0 Å². The van der Waals surface area contributed by atoms with E-state index in [0.717, 1.165) is 30.3 Å². The molecule has 0 aliphatic carbocycles. The fourth-order valence-electron chi connectivity index (χ4n) is 2.24. The summed E-state index contributed by atoms with van der Waals surface area (Å²) in [5, 5.41) is 3.37. The number of pyridine rings is 1. The van der Waals surface area contributed by atoms with Crippen LogP contribution in [0.4, 0.5) is 8.78 Å². The summed E-state index contributed by atoms with van der Waals surface area (Å²) >= 11 is 0.